The van der Waals surface area contributed by atoms with Gasteiger partial charge in [0.15, 0.2) is 0 Å². The number of hydrogen-bond donors (Lipinski definition) is 2. The molecule has 3 N–H and O–H groups in total. The van der Waals surface area contributed by atoms with E-state index < -0.39 is 0 Å². The number of allylic oxidation sites excluding steroid dienone is 8. The summed E-state index contributed by atoms with van der Waals surface area (Å²) in [5.74, 6) is 5.73. The van der Waals surface area contributed by atoms with Crippen molar-refractivity contribution in [1.82, 2.24) is 10.3 Å². The smallest absolute Gasteiger partial charge is 0.0511 e. The molecule has 0 bridgehead atoms. The van der Waals surface area contributed by atoms with E-state index in [9.17, 15) is 0 Å². The number of nitrogens with zero attached hydrogens (tertiary/aromatic N) is 1. The highest BCUT2D eigenvalue weighted by molar-refractivity contribution is 6.31. The Kier molecular flexibility index (Phi) is 15.2. The maximum Gasteiger partial charge on any atom is 0.0511 e. The summed E-state index contributed by atoms with van der Waals surface area (Å²) in [5.41, 5.74) is 7.02. The molecule has 196 valence electrons. The van der Waals surface area contributed by atoms with Gasteiger partial charge in [-0.2, -0.15) is 0 Å². The zero-order chi connectivity index (χ0) is 27.0. The number of likely N-dealkylation sites (tertiary alicyclic amines) is 1. The third-order valence-corrected chi connectivity index (χ3v) is 7.11. The molecule has 1 saturated heterocycles. The summed E-state index contributed by atoms with van der Waals surface area (Å²) < 4.78 is 0. The van der Waals surface area contributed by atoms with Crippen LogP contribution in [0.2, 0.25) is 0 Å². The SMILES string of the molecule is C/C=C(\C)Cl.C=CC(=C)/C(=C/CC1(c2ccccc2)CCN(CCC(=C)/C=C\C(Cl)=C/C)CC1)NN. The van der Waals surface area contributed by atoms with Gasteiger partial charge in [-0.1, -0.05) is 109 Å². The van der Waals surface area contributed by atoms with Crippen LogP contribution in [-0.2, 0) is 5.41 Å². The fourth-order valence-electron chi connectivity index (χ4n) is 3.98. The maximum atomic E-state index is 6.03. The van der Waals surface area contributed by atoms with E-state index in [1.54, 1.807) is 6.08 Å². The molecular formula is C31H43Cl2N3. The van der Waals surface area contributed by atoms with Crippen molar-refractivity contribution in [2.24, 2.45) is 5.84 Å². The Balaban J connectivity index is 0.00000118. The zero-order valence-electron chi connectivity index (χ0n) is 22.2. The van der Waals surface area contributed by atoms with E-state index in [-0.39, 0.29) is 5.41 Å². The van der Waals surface area contributed by atoms with Gasteiger partial charge in [0, 0.05) is 22.0 Å². The predicted molar refractivity (Wildman–Crippen MR) is 161 cm³/mol. The number of rotatable bonds is 11. The van der Waals surface area contributed by atoms with Crippen molar-refractivity contribution in [2.45, 2.75) is 51.9 Å². The van der Waals surface area contributed by atoms with E-state index in [1.807, 2.05) is 45.1 Å². The minimum atomic E-state index is 0.0949. The highest BCUT2D eigenvalue weighted by Crippen LogP contribution is 2.39. The van der Waals surface area contributed by atoms with Gasteiger partial charge in [0.1, 0.15) is 0 Å². The summed E-state index contributed by atoms with van der Waals surface area (Å²) in [7, 11) is 0. The van der Waals surface area contributed by atoms with Crippen LogP contribution >= 0.6 is 23.2 Å². The second kappa shape index (κ2) is 17.2. The van der Waals surface area contributed by atoms with Crippen LogP contribution in [0, 0.1) is 0 Å². The summed E-state index contributed by atoms with van der Waals surface area (Å²) in [6.45, 7) is 20.8. The van der Waals surface area contributed by atoms with Crippen LogP contribution in [0.3, 0.4) is 0 Å². The van der Waals surface area contributed by atoms with Gasteiger partial charge in [0.2, 0.25) is 0 Å². The normalized spacial score (nSPS) is 16.8. The highest BCUT2D eigenvalue weighted by atomic mass is 35.5. The van der Waals surface area contributed by atoms with Crippen LogP contribution in [0.4, 0.5) is 0 Å². The van der Waals surface area contributed by atoms with Gasteiger partial charge in [-0.3, -0.25) is 5.84 Å². The lowest BCUT2D eigenvalue weighted by molar-refractivity contribution is 0.161. The van der Waals surface area contributed by atoms with Crippen LogP contribution in [0.15, 0.2) is 113 Å². The molecule has 1 aromatic rings. The third kappa shape index (κ3) is 11.2. The van der Waals surface area contributed by atoms with Crippen molar-refractivity contribution >= 4 is 23.2 Å². The van der Waals surface area contributed by atoms with Crippen molar-refractivity contribution in [3.05, 3.63) is 119 Å². The van der Waals surface area contributed by atoms with E-state index in [2.05, 4.69) is 66.5 Å². The highest BCUT2D eigenvalue weighted by Gasteiger charge is 2.35. The van der Waals surface area contributed by atoms with Crippen LogP contribution in [0.5, 0.6) is 0 Å². The second-order valence-corrected chi connectivity index (χ2v) is 10.0. The predicted octanol–water partition coefficient (Wildman–Crippen LogP) is 8.29. The maximum absolute atomic E-state index is 6.03. The molecule has 0 saturated carbocycles. The fourth-order valence-corrected chi connectivity index (χ4v) is 4.04. The molecule has 0 radical (unpaired) electrons. The first-order valence-corrected chi connectivity index (χ1v) is 13.2. The quantitative estimate of drug-likeness (QED) is 0.172. The largest absolute Gasteiger partial charge is 0.324 e. The Bertz CT molecular complexity index is 959. The topological polar surface area (TPSA) is 41.3 Å². The fraction of sp³-hybridized carbons (Fsp3) is 0.355. The van der Waals surface area contributed by atoms with Crippen molar-refractivity contribution in [3.8, 4) is 0 Å². The van der Waals surface area contributed by atoms with E-state index in [0.717, 1.165) is 72.2 Å². The Morgan fingerprint density at radius 3 is 2.19 bits per heavy atom. The average molecular weight is 529 g/mol. The average Bonchev–Trinajstić information content (AvgIpc) is 2.92. The van der Waals surface area contributed by atoms with Crippen LogP contribution in [-0.4, -0.2) is 24.5 Å². The summed E-state index contributed by atoms with van der Waals surface area (Å²) >= 11 is 11.4. The second-order valence-electron chi connectivity index (χ2n) is 8.97. The van der Waals surface area contributed by atoms with E-state index >= 15 is 0 Å². The Labute approximate surface area is 229 Å². The molecular weight excluding hydrogens is 485 g/mol. The third-order valence-electron chi connectivity index (χ3n) is 6.55. The molecule has 0 atom stereocenters. The van der Waals surface area contributed by atoms with Gasteiger partial charge in [0.05, 0.1) is 5.70 Å². The molecule has 3 nitrogen and oxygen atoms in total. The van der Waals surface area contributed by atoms with Gasteiger partial charge >= 0.3 is 0 Å². The molecule has 36 heavy (non-hydrogen) atoms. The van der Waals surface area contributed by atoms with Crippen LogP contribution < -0.4 is 11.3 Å². The molecule has 0 aromatic heterocycles. The van der Waals surface area contributed by atoms with Gasteiger partial charge < -0.3 is 10.3 Å². The number of nitrogens with two attached hydrogens (primary N) is 1. The lowest BCUT2D eigenvalue weighted by Crippen LogP contribution is -2.43. The van der Waals surface area contributed by atoms with Gasteiger partial charge in [-0.25, -0.2) is 0 Å². The van der Waals surface area contributed by atoms with E-state index in [4.69, 9.17) is 29.0 Å². The molecule has 1 aromatic carbocycles. The number of hydrazine groups is 1. The Morgan fingerprint density at radius 1 is 1.08 bits per heavy atom. The van der Waals surface area contributed by atoms with Crippen molar-refractivity contribution in [1.29, 1.82) is 0 Å². The van der Waals surface area contributed by atoms with Gasteiger partial charge in [0.25, 0.3) is 0 Å². The standard InChI is InChI=1S/C27H36ClN3.C4H7Cl/c1-5-23(4)26(30-29)14-16-27(24-10-8-7-9-11-24)17-20-31(21-18-27)19-15-22(3)12-13-25(28)6-2;1-3-4(2)5/h5-14,30H,1,3-4,15-21,29H2,2H3;3H,1-2H3/b13-12-,25-6+,26-14-;4-3+. The molecule has 1 heterocycles. The first kappa shape index (κ1) is 31.7. The molecule has 5 heteroatoms. The molecule has 0 unspecified atom stereocenters. The van der Waals surface area contributed by atoms with E-state index in [1.165, 1.54) is 5.56 Å². The molecule has 0 aliphatic carbocycles. The van der Waals surface area contributed by atoms with Gasteiger partial charge in [-0.15, -0.1) is 0 Å². The minimum Gasteiger partial charge on any atom is -0.324 e. The monoisotopic (exact) mass is 527 g/mol. The first-order chi connectivity index (χ1) is 17.2. The number of piperidine rings is 1. The summed E-state index contributed by atoms with van der Waals surface area (Å²) in [6, 6.07) is 10.8. The summed E-state index contributed by atoms with van der Waals surface area (Å²) in [5, 5.41) is 1.59. The molecule has 0 spiro atoms. The lowest BCUT2D eigenvalue weighted by Gasteiger charge is -2.42. The summed E-state index contributed by atoms with van der Waals surface area (Å²) in [4.78, 5) is 2.53. The van der Waals surface area contributed by atoms with Crippen molar-refractivity contribution < 1.29 is 0 Å². The van der Waals surface area contributed by atoms with Crippen molar-refractivity contribution in [2.75, 3.05) is 19.6 Å². The zero-order valence-corrected chi connectivity index (χ0v) is 23.7. The summed E-state index contributed by atoms with van der Waals surface area (Å²) in [6.07, 6.45) is 15.6. The minimum absolute atomic E-state index is 0.0949. The first-order valence-electron chi connectivity index (χ1n) is 12.4. The molecule has 1 fully saturated rings. The lowest BCUT2D eigenvalue weighted by atomic mass is 9.70. The van der Waals surface area contributed by atoms with Crippen LogP contribution in [0.25, 0.3) is 0 Å². The molecule has 1 aliphatic rings. The molecule has 0 amide bonds. The van der Waals surface area contributed by atoms with Crippen LogP contribution in [0.1, 0.15) is 52.0 Å². The molecule has 2 rings (SSSR count). The number of hydrogen-bond acceptors (Lipinski definition) is 3. The van der Waals surface area contributed by atoms with Crippen molar-refractivity contribution in [3.63, 3.8) is 0 Å². The van der Waals surface area contributed by atoms with Gasteiger partial charge in [-0.05, 0) is 76.8 Å². The Hall–Kier alpha value is -2.30. The Morgan fingerprint density at radius 2 is 1.69 bits per heavy atom. The number of halogens is 2. The van der Waals surface area contributed by atoms with E-state index in [0.29, 0.717) is 0 Å². The number of benzene rings is 1. The molecule has 1 aliphatic heterocycles. The number of nitrogens with one attached hydrogen (secondary N) is 1.